The monoisotopic (exact) mass is 78.1 g/mol. The maximum atomic E-state index is 7.90. The number of quaternary nitrogens is 1. The van der Waals surface area contributed by atoms with Gasteiger partial charge in [0, 0.05) is 0 Å². The fourth-order valence-electron chi connectivity index (χ4n) is 0.0645. The van der Waals surface area contributed by atoms with Crippen LogP contribution in [0, 0.1) is 0 Å². The highest BCUT2D eigenvalue weighted by Gasteiger charge is 1.71. The topological polar surface area (TPSA) is 57.1 Å². The quantitative estimate of drug-likeness (QED) is 0.381. The molecule has 0 aliphatic rings. The molecule has 0 rings (SSSR count). The van der Waals surface area contributed by atoms with Crippen LogP contribution in [0.3, 0.4) is 0 Å². The summed E-state index contributed by atoms with van der Waals surface area (Å²) in [6.07, 6.45) is 0. The molecule has 0 unspecified atom stereocenters. The third-order valence-corrected chi connectivity index (χ3v) is 0.236. The number of aliphatic hydroxyl groups is 1. The summed E-state index contributed by atoms with van der Waals surface area (Å²) < 4.78 is 0. The summed E-state index contributed by atoms with van der Waals surface area (Å²) in [7, 11) is 0. The lowest BCUT2D eigenvalue weighted by Crippen LogP contribution is -2.49. The van der Waals surface area contributed by atoms with Gasteiger partial charge >= 0.3 is 0 Å². The van der Waals surface area contributed by atoms with Crippen molar-refractivity contribution in [1.82, 2.24) is 0 Å². The van der Waals surface area contributed by atoms with Gasteiger partial charge < -0.3 is 5.11 Å². The fourth-order valence-corrected chi connectivity index (χ4v) is 0.0645. The Balaban J connectivity index is 2.19. The van der Waals surface area contributed by atoms with E-state index in [2.05, 4.69) is 10.7 Å². The van der Waals surface area contributed by atoms with Crippen LogP contribution in [-0.2, 0) is 4.84 Å². The average molecular weight is 78.1 g/mol. The second kappa shape index (κ2) is 3.88. The number of hydrogen-bond acceptors (Lipinski definition) is 2. The van der Waals surface area contributed by atoms with Gasteiger partial charge in [0.25, 0.3) is 0 Å². The third kappa shape index (κ3) is 3.88. The Morgan fingerprint density at radius 3 is 2.40 bits per heavy atom. The molecule has 0 heterocycles. The first-order valence-corrected chi connectivity index (χ1v) is 1.39. The van der Waals surface area contributed by atoms with E-state index in [1.807, 2.05) is 0 Å². The normalized spacial score (nSPS) is 8.40. The van der Waals surface area contributed by atoms with Gasteiger partial charge in [0.1, 0.15) is 6.61 Å². The molecule has 0 aromatic carbocycles. The van der Waals surface area contributed by atoms with Crippen LogP contribution < -0.4 is 5.90 Å². The predicted octanol–water partition coefficient (Wildman–Crippen LogP) is -1.85. The molecule has 0 radical (unpaired) electrons. The van der Waals surface area contributed by atoms with Crippen molar-refractivity contribution >= 4 is 0 Å². The number of hydrogen-bond donors (Lipinski definition) is 2. The van der Waals surface area contributed by atoms with Gasteiger partial charge in [-0.1, -0.05) is 0 Å². The van der Waals surface area contributed by atoms with Crippen molar-refractivity contribution < 1.29 is 15.8 Å². The van der Waals surface area contributed by atoms with E-state index >= 15 is 0 Å². The molecular weight excluding hydrogens is 70.0 g/mol. The molecule has 32 valence electrons. The number of rotatable bonds is 2. The Hall–Kier alpha value is -0.120. The molecule has 0 atom stereocenters. The van der Waals surface area contributed by atoms with E-state index in [1.165, 1.54) is 0 Å². The van der Waals surface area contributed by atoms with E-state index in [0.717, 1.165) is 0 Å². The Bertz CT molecular complexity index is 15.1. The summed E-state index contributed by atoms with van der Waals surface area (Å²) in [5.74, 6) is 3.02. The molecule has 0 aromatic heterocycles. The zero-order valence-electron chi connectivity index (χ0n) is 2.98. The smallest absolute Gasteiger partial charge is 0.129 e. The Morgan fingerprint density at radius 2 is 2.40 bits per heavy atom. The van der Waals surface area contributed by atoms with Crippen molar-refractivity contribution in [2.75, 3.05) is 13.2 Å². The standard InChI is InChI=1S/C2H8NO2/c3-5-2-1-4/h4H,1-2H2,3H3/q+1. The highest BCUT2D eigenvalue weighted by molar-refractivity contribution is 4.09. The molecule has 0 aromatic rings. The molecule has 3 nitrogen and oxygen atoms in total. The lowest BCUT2D eigenvalue weighted by molar-refractivity contribution is -0.689. The molecular formula is C2H8NO2+. The zero-order chi connectivity index (χ0) is 4.12. The Morgan fingerprint density at radius 1 is 1.80 bits per heavy atom. The van der Waals surface area contributed by atoms with Gasteiger partial charge in [0.05, 0.1) is 6.61 Å². The van der Waals surface area contributed by atoms with Crippen LogP contribution in [0.5, 0.6) is 0 Å². The van der Waals surface area contributed by atoms with Gasteiger partial charge in [-0.2, -0.15) is 0 Å². The molecule has 0 spiro atoms. The van der Waals surface area contributed by atoms with Crippen LogP contribution in [-0.4, -0.2) is 18.3 Å². The van der Waals surface area contributed by atoms with Crippen LogP contribution in [0.25, 0.3) is 0 Å². The Kier molecular flexibility index (Phi) is 3.79. The number of aliphatic hydroxyl groups excluding tert-OH is 1. The first-order valence-electron chi connectivity index (χ1n) is 1.39. The minimum absolute atomic E-state index is 0.0590. The summed E-state index contributed by atoms with van der Waals surface area (Å²) in [4.78, 5) is 4.19. The summed E-state index contributed by atoms with van der Waals surface area (Å²) >= 11 is 0. The van der Waals surface area contributed by atoms with Crippen molar-refractivity contribution in [1.29, 1.82) is 0 Å². The summed E-state index contributed by atoms with van der Waals surface area (Å²) in [6, 6.07) is 0. The molecule has 0 bridgehead atoms. The summed E-state index contributed by atoms with van der Waals surface area (Å²) in [5.41, 5.74) is 0. The Labute approximate surface area is 30.3 Å². The zero-order valence-corrected chi connectivity index (χ0v) is 2.98. The van der Waals surface area contributed by atoms with Gasteiger partial charge in [0.15, 0.2) is 0 Å². The maximum absolute atomic E-state index is 7.90. The van der Waals surface area contributed by atoms with Crippen molar-refractivity contribution in [3.05, 3.63) is 0 Å². The van der Waals surface area contributed by atoms with Crippen LogP contribution in [0.2, 0.25) is 0 Å². The average Bonchev–Trinajstić information content (AvgIpc) is 1.41. The molecule has 0 amide bonds. The van der Waals surface area contributed by atoms with E-state index in [-0.39, 0.29) is 6.61 Å². The van der Waals surface area contributed by atoms with Crippen molar-refractivity contribution in [3.8, 4) is 0 Å². The van der Waals surface area contributed by atoms with Crippen LogP contribution in [0.1, 0.15) is 0 Å². The maximum Gasteiger partial charge on any atom is 0.129 e. The van der Waals surface area contributed by atoms with Crippen molar-refractivity contribution in [2.24, 2.45) is 0 Å². The lowest BCUT2D eigenvalue weighted by atomic mass is 10.8. The molecule has 0 fully saturated rings. The van der Waals surface area contributed by atoms with Crippen molar-refractivity contribution in [2.45, 2.75) is 0 Å². The van der Waals surface area contributed by atoms with E-state index in [0.29, 0.717) is 6.61 Å². The summed E-state index contributed by atoms with van der Waals surface area (Å²) in [6.45, 7) is 0.392. The largest absolute Gasteiger partial charge is 0.394 e. The van der Waals surface area contributed by atoms with Gasteiger partial charge in [-0.3, -0.25) is 0 Å². The van der Waals surface area contributed by atoms with Crippen LogP contribution in [0.15, 0.2) is 0 Å². The van der Waals surface area contributed by atoms with E-state index < -0.39 is 0 Å². The van der Waals surface area contributed by atoms with Crippen molar-refractivity contribution in [3.63, 3.8) is 0 Å². The van der Waals surface area contributed by atoms with Gasteiger partial charge in [-0.15, -0.1) is 0 Å². The molecule has 0 saturated carbocycles. The van der Waals surface area contributed by atoms with E-state index in [9.17, 15) is 0 Å². The molecule has 0 aliphatic heterocycles. The highest BCUT2D eigenvalue weighted by atomic mass is 16.6. The van der Waals surface area contributed by atoms with Gasteiger partial charge in [0.2, 0.25) is 0 Å². The second-order valence-corrected chi connectivity index (χ2v) is 0.632. The second-order valence-electron chi connectivity index (χ2n) is 0.632. The predicted molar refractivity (Wildman–Crippen MR) is 15.9 cm³/mol. The first kappa shape index (κ1) is 4.88. The molecule has 0 aliphatic carbocycles. The lowest BCUT2D eigenvalue weighted by Gasteiger charge is -1.79. The molecule has 0 saturated heterocycles. The third-order valence-electron chi connectivity index (χ3n) is 0.236. The van der Waals surface area contributed by atoms with Crippen LogP contribution >= 0.6 is 0 Å². The van der Waals surface area contributed by atoms with E-state index in [1.54, 1.807) is 0 Å². The summed E-state index contributed by atoms with van der Waals surface area (Å²) in [5, 5.41) is 7.90. The molecule has 5 heavy (non-hydrogen) atoms. The molecule has 3 heteroatoms. The molecule has 4 N–H and O–H groups in total. The van der Waals surface area contributed by atoms with Gasteiger partial charge in [-0.25, -0.2) is 10.7 Å². The minimum atomic E-state index is 0.0590. The van der Waals surface area contributed by atoms with E-state index in [4.69, 9.17) is 5.11 Å². The van der Waals surface area contributed by atoms with Gasteiger partial charge in [-0.05, 0) is 0 Å². The minimum Gasteiger partial charge on any atom is -0.394 e. The van der Waals surface area contributed by atoms with Crippen LogP contribution in [0.4, 0.5) is 0 Å². The fraction of sp³-hybridized carbons (Fsp3) is 1.00. The highest BCUT2D eigenvalue weighted by Crippen LogP contribution is 1.48. The first-order chi connectivity index (χ1) is 2.41. The SMILES string of the molecule is [NH3+]OCCO.